The van der Waals surface area contributed by atoms with Gasteiger partial charge in [0.15, 0.2) is 5.29 Å². The molecule has 0 aromatic carbocycles. The van der Waals surface area contributed by atoms with E-state index in [0.29, 0.717) is 5.29 Å². The maximum atomic E-state index is 5.72. The van der Waals surface area contributed by atoms with E-state index in [4.69, 9.17) is 11.6 Å². The minimum Gasteiger partial charge on any atom is -0.364 e. The van der Waals surface area contributed by atoms with Crippen molar-refractivity contribution in [1.82, 2.24) is 10.2 Å². The molecule has 1 rings (SSSR count). The third kappa shape index (κ3) is 2.12. The van der Waals surface area contributed by atoms with Crippen molar-refractivity contribution in [3.63, 3.8) is 0 Å². The molecule has 1 heterocycles. The zero-order chi connectivity index (χ0) is 8.43. The van der Waals surface area contributed by atoms with E-state index in [-0.39, 0.29) is 6.04 Å². The number of hydrogen-bond donors (Lipinski definition) is 1. The Morgan fingerprint density at radius 1 is 1.64 bits per heavy atom. The summed E-state index contributed by atoms with van der Waals surface area (Å²) in [4.78, 5) is 6.05. The van der Waals surface area contributed by atoms with E-state index in [2.05, 4.69) is 10.3 Å². The average molecular weight is 174 g/mol. The van der Waals surface area contributed by atoms with Crippen LogP contribution < -0.4 is 5.32 Å². The highest BCUT2D eigenvalue weighted by atomic mass is 35.5. The third-order valence-electron chi connectivity index (χ3n) is 1.43. The van der Waals surface area contributed by atoms with Gasteiger partial charge in [-0.15, -0.1) is 0 Å². The topological polar surface area (TPSA) is 27.6 Å². The summed E-state index contributed by atoms with van der Waals surface area (Å²) < 4.78 is 0. The van der Waals surface area contributed by atoms with Gasteiger partial charge in [-0.1, -0.05) is 0 Å². The molecule has 0 saturated carbocycles. The Bertz CT molecular complexity index is 208. The Hall–Kier alpha value is -0.700. The normalized spacial score (nSPS) is 23.5. The number of hydrogen-bond acceptors (Lipinski definition) is 3. The summed E-state index contributed by atoms with van der Waals surface area (Å²) in [5.41, 5.74) is 0. The van der Waals surface area contributed by atoms with Crippen LogP contribution in [-0.2, 0) is 0 Å². The minimum atomic E-state index is 0.168. The quantitative estimate of drug-likeness (QED) is 0.599. The first-order valence-electron chi connectivity index (χ1n) is 3.49. The van der Waals surface area contributed by atoms with Gasteiger partial charge < -0.3 is 10.2 Å². The molecule has 0 aromatic rings. The van der Waals surface area contributed by atoms with E-state index < -0.39 is 0 Å². The second kappa shape index (κ2) is 3.13. The molecule has 11 heavy (non-hydrogen) atoms. The van der Waals surface area contributed by atoms with Crippen molar-refractivity contribution in [3.05, 3.63) is 11.9 Å². The molecular formula is C7H12ClN3. The van der Waals surface area contributed by atoms with Gasteiger partial charge >= 0.3 is 0 Å². The fraction of sp³-hybridized carbons (Fsp3) is 0.571. The second-order valence-electron chi connectivity index (χ2n) is 2.73. The Labute approximate surface area is 71.7 Å². The lowest BCUT2D eigenvalue weighted by molar-refractivity contribution is 0.480. The van der Waals surface area contributed by atoms with Crippen molar-refractivity contribution >= 4 is 16.9 Å². The monoisotopic (exact) mass is 173 g/mol. The molecule has 0 saturated heterocycles. The zero-order valence-corrected chi connectivity index (χ0v) is 7.68. The summed E-state index contributed by atoms with van der Waals surface area (Å²) >= 11 is 5.72. The van der Waals surface area contributed by atoms with E-state index in [1.54, 1.807) is 0 Å². The summed E-state index contributed by atoms with van der Waals surface area (Å²) in [6, 6.07) is 0.168. The van der Waals surface area contributed by atoms with Crippen LogP contribution in [-0.4, -0.2) is 30.3 Å². The SMILES string of the molecule is CC1C=C(N(C)C)NC(Cl)=N1. The highest BCUT2D eigenvalue weighted by Gasteiger charge is 2.10. The first-order valence-corrected chi connectivity index (χ1v) is 3.87. The van der Waals surface area contributed by atoms with E-state index in [1.807, 2.05) is 32.0 Å². The van der Waals surface area contributed by atoms with Crippen molar-refractivity contribution in [2.24, 2.45) is 4.99 Å². The maximum Gasteiger partial charge on any atom is 0.197 e. The molecular weight excluding hydrogens is 162 g/mol. The summed E-state index contributed by atoms with van der Waals surface area (Å²) in [7, 11) is 3.92. The van der Waals surface area contributed by atoms with Crippen LogP contribution in [0.3, 0.4) is 0 Å². The summed E-state index contributed by atoms with van der Waals surface area (Å²) in [5, 5.41) is 3.41. The highest BCUT2D eigenvalue weighted by Crippen LogP contribution is 2.07. The molecule has 0 aliphatic carbocycles. The van der Waals surface area contributed by atoms with Crippen LogP contribution in [0, 0.1) is 0 Å². The van der Waals surface area contributed by atoms with Crippen molar-refractivity contribution in [3.8, 4) is 0 Å². The van der Waals surface area contributed by atoms with Crippen LogP contribution in [0.25, 0.3) is 0 Å². The Balaban J connectivity index is 2.71. The lowest BCUT2D eigenvalue weighted by Gasteiger charge is -2.22. The molecule has 1 unspecified atom stereocenters. The molecule has 0 spiro atoms. The largest absolute Gasteiger partial charge is 0.364 e. The molecule has 0 bridgehead atoms. The molecule has 1 atom stereocenters. The third-order valence-corrected chi connectivity index (χ3v) is 1.62. The van der Waals surface area contributed by atoms with E-state index in [1.165, 1.54) is 0 Å². The van der Waals surface area contributed by atoms with Gasteiger partial charge in [0.05, 0.1) is 6.04 Å². The number of nitrogens with one attached hydrogen (secondary N) is 1. The van der Waals surface area contributed by atoms with Gasteiger partial charge in [-0.3, -0.25) is 4.99 Å². The number of halogens is 1. The predicted octanol–water partition coefficient (Wildman–Crippen LogP) is 0.976. The lowest BCUT2D eigenvalue weighted by atomic mass is 10.3. The Kier molecular flexibility index (Phi) is 2.39. The Morgan fingerprint density at radius 2 is 2.27 bits per heavy atom. The first kappa shape index (κ1) is 8.40. The van der Waals surface area contributed by atoms with E-state index in [9.17, 15) is 0 Å². The van der Waals surface area contributed by atoms with Gasteiger partial charge in [0.2, 0.25) is 0 Å². The number of rotatable bonds is 1. The summed E-state index contributed by atoms with van der Waals surface area (Å²) in [6.45, 7) is 1.99. The molecule has 0 fully saturated rings. The summed E-state index contributed by atoms with van der Waals surface area (Å²) in [6.07, 6.45) is 2.02. The number of nitrogens with zero attached hydrogens (tertiary/aromatic N) is 2. The molecule has 3 nitrogen and oxygen atoms in total. The van der Waals surface area contributed by atoms with Crippen LogP contribution in [0.4, 0.5) is 0 Å². The second-order valence-corrected chi connectivity index (χ2v) is 3.09. The molecule has 62 valence electrons. The van der Waals surface area contributed by atoms with E-state index in [0.717, 1.165) is 5.82 Å². The molecule has 0 aromatic heterocycles. The fourth-order valence-electron chi connectivity index (χ4n) is 0.885. The number of aliphatic imine (C=N–C) groups is 1. The van der Waals surface area contributed by atoms with Crippen molar-refractivity contribution in [2.75, 3.05) is 14.1 Å². The maximum absolute atomic E-state index is 5.72. The van der Waals surface area contributed by atoms with Crippen molar-refractivity contribution in [1.29, 1.82) is 0 Å². The summed E-state index contributed by atoms with van der Waals surface area (Å²) in [5.74, 6) is 0.998. The first-order chi connectivity index (χ1) is 5.09. The molecule has 4 heteroatoms. The van der Waals surface area contributed by atoms with Crippen LogP contribution >= 0.6 is 11.6 Å². The fourth-order valence-corrected chi connectivity index (χ4v) is 1.14. The van der Waals surface area contributed by atoms with Gasteiger partial charge in [0.1, 0.15) is 5.82 Å². The predicted molar refractivity (Wildman–Crippen MR) is 47.7 cm³/mol. The zero-order valence-electron chi connectivity index (χ0n) is 6.93. The van der Waals surface area contributed by atoms with Crippen LogP contribution in [0.5, 0.6) is 0 Å². The molecule has 1 N–H and O–H groups in total. The van der Waals surface area contributed by atoms with Gasteiger partial charge in [0.25, 0.3) is 0 Å². The van der Waals surface area contributed by atoms with Gasteiger partial charge in [-0.25, -0.2) is 0 Å². The molecule has 1 aliphatic heterocycles. The smallest absolute Gasteiger partial charge is 0.197 e. The molecule has 0 amide bonds. The van der Waals surface area contributed by atoms with Crippen LogP contribution in [0.15, 0.2) is 16.9 Å². The lowest BCUT2D eigenvalue weighted by Crippen LogP contribution is -2.32. The minimum absolute atomic E-state index is 0.168. The highest BCUT2D eigenvalue weighted by molar-refractivity contribution is 6.65. The van der Waals surface area contributed by atoms with Crippen LogP contribution in [0.1, 0.15) is 6.92 Å². The number of amidine groups is 1. The molecule has 0 radical (unpaired) electrons. The van der Waals surface area contributed by atoms with E-state index >= 15 is 0 Å². The van der Waals surface area contributed by atoms with Crippen molar-refractivity contribution < 1.29 is 0 Å². The van der Waals surface area contributed by atoms with Gasteiger partial charge in [-0.05, 0) is 24.6 Å². The van der Waals surface area contributed by atoms with Crippen molar-refractivity contribution in [2.45, 2.75) is 13.0 Å². The van der Waals surface area contributed by atoms with Crippen LogP contribution in [0.2, 0.25) is 0 Å². The standard InChI is InChI=1S/C7H12ClN3/c1-5-4-6(11(2)3)10-7(8)9-5/h4-5H,1-3H3,(H,9,10). The Morgan fingerprint density at radius 3 is 2.73 bits per heavy atom. The molecule has 1 aliphatic rings. The van der Waals surface area contributed by atoms with Gasteiger partial charge in [0, 0.05) is 14.1 Å². The average Bonchev–Trinajstić information content (AvgIpc) is 1.85. The van der Waals surface area contributed by atoms with Gasteiger partial charge in [-0.2, -0.15) is 0 Å².